The van der Waals surface area contributed by atoms with Crippen molar-refractivity contribution in [3.05, 3.63) is 78.4 Å². The van der Waals surface area contributed by atoms with Gasteiger partial charge in [-0.25, -0.2) is 4.39 Å². The van der Waals surface area contributed by atoms with Crippen molar-refractivity contribution >= 4 is 11.6 Å². The second kappa shape index (κ2) is 7.70. The molecule has 0 bridgehead atoms. The number of pyridine rings is 1. The summed E-state index contributed by atoms with van der Waals surface area (Å²) in [5.41, 5.74) is 1.71. The van der Waals surface area contributed by atoms with Gasteiger partial charge in [-0.05, 0) is 24.3 Å². The second-order valence-electron chi connectivity index (χ2n) is 5.69. The lowest BCUT2D eigenvalue weighted by Gasteiger charge is -2.23. The highest BCUT2D eigenvalue weighted by molar-refractivity contribution is 6.01. The van der Waals surface area contributed by atoms with E-state index in [1.165, 1.54) is 17.0 Å². The maximum absolute atomic E-state index is 13.9. The van der Waals surface area contributed by atoms with Crippen LogP contribution in [0.15, 0.2) is 66.6 Å². The van der Waals surface area contributed by atoms with E-state index in [1.807, 2.05) is 12.1 Å². The third kappa shape index (κ3) is 3.91. The highest BCUT2D eigenvalue weighted by atomic mass is 19.1. The number of oxime groups is 1. The minimum atomic E-state index is -0.541. The van der Waals surface area contributed by atoms with Crippen LogP contribution in [0.1, 0.15) is 22.3 Å². The number of hydrogen-bond acceptors (Lipinski definition) is 4. The minimum Gasteiger partial charge on any atom is -0.390 e. The fraction of sp³-hybridized carbons (Fsp3) is 0.211. The minimum absolute atomic E-state index is 0.0377. The van der Waals surface area contributed by atoms with Crippen molar-refractivity contribution in [1.29, 1.82) is 0 Å². The van der Waals surface area contributed by atoms with E-state index >= 15 is 0 Å². The van der Waals surface area contributed by atoms with Gasteiger partial charge in [-0.15, -0.1) is 6.58 Å². The van der Waals surface area contributed by atoms with Crippen molar-refractivity contribution in [3.63, 3.8) is 0 Å². The summed E-state index contributed by atoms with van der Waals surface area (Å²) >= 11 is 0. The molecule has 0 spiro atoms. The van der Waals surface area contributed by atoms with Crippen LogP contribution in [0.2, 0.25) is 0 Å². The van der Waals surface area contributed by atoms with Crippen molar-refractivity contribution in [2.45, 2.75) is 12.5 Å². The Hall–Kier alpha value is -3.02. The van der Waals surface area contributed by atoms with E-state index in [2.05, 4.69) is 16.7 Å². The summed E-state index contributed by atoms with van der Waals surface area (Å²) in [4.78, 5) is 23.7. The molecule has 0 saturated heterocycles. The number of hydrogen-bond donors (Lipinski definition) is 0. The molecule has 25 heavy (non-hydrogen) atoms. The third-order valence-electron chi connectivity index (χ3n) is 3.89. The smallest absolute Gasteiger partial charge is 0.257 e. The molecule has 2 heterocycles. The van der Waals surface area contributed by atoms with Gasteiger partial charge in [0.15, 0.2) is 6.10 Å². The lowest BCUT2D eigenvalue weighted by atomic mass is 10.1. The van der Waals surface area contributed by atoms with Crippen molar-refractivity contribution in [2.75, 3.05) is 13.1 Å². The molecular formula is C19H18FN3O2. The van der Waals surface area contributed by atoms with Crippen LogP contribution in [0.3, 0.4) is 0 Å². The van der Waals surface area contributed by atoms with Crippen LogP contribution in [0.4, 0.5) is 4.39 Å². The number of carbonyl (C=O) groups excluding carboxylic acids is 1. The predicted molar refractivity (Wildman–Crippen MR) is 92.8 cm³/mol. The number of benzene rings is 1. The van der Waals surface area contributed by atoms with Gasteiger partial charge in [-0.2, -0.15) is 0 Å². The molecule has 3 rings (SSSR count). The fourth-order valence-corrected chi connectivity index (χ4v) is 2.68. The molecule has 1 amide bonds. The maximum Gasteiger partial charge on any atom is 0.257 e. The van der Waals surface area contributed by atoms with E-state index in [0.717, 1.165) is 11.3 Å². The molecule has 5 nitrogen and oxygen atoms in total. The Morgan fingerprint density at radius 2 is 2.20 bits per heavy atom. The molecular weight excluding hydrogens is 321 g/mol. The largest absolute Gasteiger partial charge is 0.390 e. The lowest BCUT2D eigenvalue weighted by molar-refractivity contribution is 0.0447. The molecule has 0 saturated carbocycles. The third-order valence-corrected chi connectivity index (χ3v) is 3.89. The summed E-state index contributed by atoms with van der Waals surface area (Å²) in [6, 6.07) is 9.67. The van der Waals surface area contributed by atoms with Gasteiger partial charge in [-0.3, -0.25) is 9.78 Å². The summed E-state index contributed by atoms with van der Waals surface area (Å²) in [6.45, 7) is 4.27. The summed E-state index contributed by atoms with van der Waals surface area (Å²) in [5, 5.41) is 4.09. The van der Waals surface area contributed by atoms with E-state index < -0.39 is 11.7 Å². The molecule has 128 valence electrons. The summed E-state index contributed by atoms with van der Waals surface area (Å²) in [5.74, 6) is -0.933. The Kier molecular flexibility index (Phi) is 5.18. The van der Waals surface area contributed by atoms with E-state index in [0.29, 0.717) is 19.5 Å². The topological polar surface area (TPSA) is 54.8 Å². The van der Waals surface area contributed by atoms with Gasteiger partial charge in [0.1, 0.15) is 5.82 Å². The van der Waals surface area contributed by atoms with Crippen LogP contribution in [0.25, 0.3) is 0 Å². The summed E-state index contributed by atoms with van der Waals surface area (Å²) < 4.78 is 13.9. The first kappa shape index (κ1) is 16.8. The Morgan fingerprint density at radius 3 is 2.92 bits per heavy atom. The van der Waals surface area contributed by atoms with Crippen LogP contribution < -0.4 is 0 Å². The molecule has 1 atom stereocenters. The van der Waals surface area contributed by atoms with E-state index in [4.69, 9.17) is 4.84 Å². The molecule has 1 aromatic carbocycles. The van der Waals surface area contributed by atoms with Crippen LogP contribution in [-0.2, 0) is 4.84 Å². The molecule has 6 heteroatoms. The molecule has 0 radical (unpaired) electrons. The van der Waals surface area contributed by atoms with Gasteiger partial charge in [0.2, 0.25) is 0 Å². The zero-order chi connectivity index (χ0) is 17.6. The van der Waals surface area contributed by atoms with E-state index in [1.54, 1.807) is 30.6 Å². The summed E-state index contributed by atoms with van der Waals surface area (Å²) in [6.07, 6.45) is 5.29. The van der Waals surface area contributed by atoms with Gasteiger partial charge in [0, 0.05) is 30.9 Å². The Morgan fingerprint density at radius 1 is 1.36 bits per heavy atom. The first-order valence-electron chi connectivity index (χ1n) is 7.97. The first-order chi connectivity index (χ1) is 12.2. The van der Waals surface area contributed by atoms with Crippen molar-refractivity contribution in [2.24, 2.45) is 5.16 Å². The quantitative estimate of drug-likeness (QED) is 0.760. The number of nitrogens with zero attached hydrogens (tertiary/aromatic N) is 3. The monoisotopic (exact) mass is 339 g/mol. The first-order valence-corrected chi connectivity index (χ1v) is 7.97. The van der Waals surface area contributed by atoms with Crippen molar-refractivity contribution in [1.82, 2.24) is 9.88 Å². The molecule has 0 N–H and O–H groups in total. The molecule has 0 aliphatic carbocycles. The lowest BCUT2D eigenvalue weighted by Crippen LogP contribution is -2.38. The van der Waals surface area contributed by atoms with Crippen molar-refractivity contribution in [3.8, 4) is 0 Å². The highest BCUT2D eigenvalue weighted by Gasteiger charge is 2.27. The Balaban J connectivity index is 1.68. The van der Waals surface area contributed by atoms with Gasteiger partial charge < -0.3 is 9.74 Å². The second-order valence-corrected chi connectivity index (χ2v) is 5.69. The van der Waals surface area contributed by atoms with Gasteiger partial charge in [0.25, 0.3) is 5.91 Å². The Bertz CT molecular complexity index is 792. The zero-order valence-corrected chi connectivity index (χ0v) is 13.6. The molecule has 0 fully saturated rings. The van der Waals surface area contributed by atoms with Gasteiger partial charge >= 0.3 is 0 Å². The number of rotatable bonds is 6. The number of aromatic nitrogens is 1. The van der Waals surface area contributed by atoms with Crippen molar-refractivity contribution < 1.29 is 14.0 Å². The van der Waals surface area contributed by atoms with Crippen LogP contribution in [0, 0.1) is 5.82 Å². The molecule has 1 aromatic heterocycles. The predicted octanol–water partition coefficient (Wildman–Crippen LogP) is 3.04. The molecule has 1 aliphatic rings. The van der Waals surface area contributed by atoms with Gasteiger partial charge in [0.05, 0.1) is 17.8 Å². The summed E-state index contributed by atoms with van der Waals surface area (Å²) in [7, 11) is 0. The van der Waals surface area contributed by atoms with Crippen LogP contribution in [-0.4, -0.2) is 40.7 Å². The number of halogens is 1. The van der Waals surface area contributed by atoms with Crippen LogP contribution >= 0.6 is 0 Å². The van der Waals surface area contributed by atoms with Gasteiger partial charge in [-0.1, -0.05) is 23.4 Å². The normalized spacial score (nSPS) is 16.0. The molecule has 1 unspecified atom stereocenters. The Labute approximate surface area is 145 Å². The number of carbonyl (C=O) groups is 1. The highest BCUT2D eigenvalue weighted by Crippen LogP contribution is 2.18. The average molecular weight is 339 g/mol. The standard InChI is InChI=1S/C19H18FN3O2/c1-2-10-23(19(24)16-7-3-4-8-17(16)20)13-15-11-18(22-25-15)14-6-5-9-21-12-14/h2-9,12,15H,1,10-11,13H2. The fourth-order valence-electron chi connectivity index (χ4n) is 2.68. The van der Waals surface area contributed by atoms with Crippen LogP contribution in [0.5, 0.6) is 0 Å². The SMILES string of the molecule is C=CCN(CC1CC(c2cccnc2)=NO1)C(=O)c1ccccc1F. The average Bonchev–Trinajstić information content (AvgIpc) is 3.11. The molecule has 2 aromatic rings. The number of amides is 1. The van der Waals surface area contributed by atoms with E-state index in [-0.39, 0.29) is 11.7 Å². The van der Waals surface area contributed by atoms with E-state index in [9.17, 15) is 9.18 Å². The maximum atomic E-state index is 13.9. The molecule has 1 aliphatic heterocycles. The zero-order valence-electron chi connectivity index (χ0n) is 13.6.